The molecule has 1 aromatic rings. The molecule has 142 valence electrons. The van der Waals surface area contributed by atoms with E-state index < -0.39 is 17.5 Å². The number of hydrogen-bond donors (Lipinski definition) is 2. The third-order valence-electron chi connectivity index (χ3n) is 4.30. The van der Waals surface area contributed by atoms with E-state index in [2.05, 4.69) is 24.5 Å². The van der Waals surface area contributed by atoms with Crippen LogP contribution in [0.2, 0.25) is 5.02 Å². The van der Waals surface area contributed by atoms with Crippen LogP contribution in [0.15, 0.2) is 18.2 Å². The van der Waals surface area contributed by atoms with Crippen LogP contribution in [0.1, 0.15) is 33.6 Å². The molecule has 0 unspecified atom stereocenters. The molecular weight excluding hydrogens is 358 g/mol. The Labute approximate surface area is 158 Å². The minimum absolute atomic E-state index is 0.349. The Balaban J connectivity index is 2.01. The van der Waals surface area contributed by atoms with Crippen molar-refractivity contribution < 1.29 is 19.1 Å². The normalized spacial score (nSPS) is 19.7. The highest BCUT2D eigenvalue weighted by Crippen LogP contribution is 2.28. The molecule has 0 bridgehead atoms. The number of nitrogens with one attached hydrogen (secondary N) is 2. The molecule has 0 saturated carbocycles. The average Bonchev–Trinajstić information content (AvgIpc) is 2.77. The standard InChI is InChI=1S/C18H24ClN3O4/c1-11(2)7-8-18(3)16(24)22(17(25)21-18)10-15(23)20-12-5-6-14(26-4)13(19)9-12/h5-6,9,11H,7-8,10H2,1-4H3,(H,20,23)(H,21,25)/t18-/m1/s1. The van der Waals surface area contributed by atoms with Crippen LogP contribution in [0.25, 0.3) is 0 Å². The number of nitrogens with zero attached hydrogens (tertiary/aromatic N) is 1. The van der Waals surface area contributed by atoms with Crippen LogP contribution < -0.4 is 15.4 Å². The molecule has 0 aliphatic carbocycles. The molecule has 8 heteroatoms. The maximum atomic E-state index is 12.6. The number of benzene rings is 1. The van der Waals surface area contributed by atoms with Crippen molar-refractivity contribution in [2.24, 2.45) is 5.92 Å². The second kappa shape index (κ2) is 7.95. The summed E-state index contributed by atoms with van der Waals surface area (Å²) in [6, 6.07) is 4.23. The Morgan fingerprint density at radius 3 is 2.65 bits per heavy atom. The number of urea groups is 1. The zero-order valence-corrected chi connectivity index (χ0v) is 16.1. The topological polar surface area (TPSA) is 87.7 Å². The zero-order valence-electron chi connectivity index (χ0n) is 15.4. The number of carbonyl (C=O) groups excluding carboxylic acids is 3. The molecule has 0 spiro atoms. The van der Waals surface area contributed by atoms with Crippen LogP contribution in [-0.4, -0.2) is 41.9 Å². The molecule has 1 heterocycles. The number of halogens is 1. The molecule has 1 aliphatic rings. The van der Waals surface area contributed by atoms with Crippen LogP contribution in [0.5, 0.6) is 5.75 Å². The largest absolute Gasteiger partial charge is 0.495 e. The molecule has 0 radical (unpaired) electrons. The summed E-state index contributed by atoms with van der Waals surface area (Å²) in [5.41, 5.74) is -0.513. The van der Waals surface area contributed by atoms with Crippen LogP contribution in [0.3, 0.4) is 0 Å². The Hall–Kier alpha value is -2.28. The van der Waals surface area contributed by atoms with E-state index in [4.69, 9.17) is 16.3 Å². The highest BCUT2D eigenvalue weighted by Gasteiger charge is 2.47. The number of amides is 4. The fourth-order valence-electron chi connectivity index (χ4n) is 2.73. The van der Waals surface area contributed by atoms with Crippen LogP contribution in [-0.2, 0) is 9.59 Å². The lowest BCUT2D eigenvalue weighted by Gasteiger charge is -2.22. The quantitative estimate of drug-likeness (QED) is 0.710. The van der Waals surface area contributed by atoms with Crippen molar-refractivity contribution in [3.8, 4) is 5.75 Å². The fourth-order valence-corrected chi connectivity index (χ4v) is 2.98. The van der Waals surface area contributed by atoms with E-state index >= 15 is 0 Å². The zero-order chi connectivity index (χ0) is 19.5. The molecule has 2 N–H and O–H groups in total. The summed E-state index contributed by atoms with van der Waals surface area (Å²) >= 11 is 6.02. The third kappa shape index (κ3) is 4.46. The number of imide groups is 1. The first-order chi connectivity index (χ1) is 12.2. The summed E-state index contributed by atoms with van der Waals surface area (Å²) in [6.45, 7) is 5.44. The van der Waals surface area contributed by atoms with Crippen LogP contribution in [0, 0.1) is 5.92 Å². The summed E-state index contributed by atoms with van der Waals surface area (Å²) in [4.78, 5) is 37.9. The maximum Gasteiger partial charge on any atom is 0.325 e. The van der Waals surface area contributed by atoms with E-state index in [1.165, 1.54) is 13.2 Å². The molecule has 7 nitrogen and oxygen atoms in total. The van der Waals surface area contributed by atoms with Gasteiger partial charge in [0.25, 0.3) is 5.91 Å². The fraction of sp³-hybridized carbons (Fsp3) is 0.500. The van der Waals surface area contributed by atoms with Gasteiger partial charge < -0.3 is 15.4 Å². The molecule has 1 aromatic carbocycles. The summed E-state index contributed by atoms with van der Waals surface area (Å²) < 4.78 is 5.05. The molecule has 1 fully saturated rings. The lowest BCUT2D eigenvalue weighted by atomic mass is 9.92. The highest BCUT2D eigenvalue weighted by atomic mass is 35.5. The van der Waals surface area contributed by atoms with Gasteiger partial charge in [0.1, 0.15) is 17.8 Å². The second-order valence-electron chi connectivity index (χ2n) is 6.98. The molecule has 2 rings (SSSR count). The van der Waals surface area contributed by atoms with E-state index in [1.54, 1.807) is 19.1 Å². The van der Waals surface area contributed by atoms with Crippen molar-refractivity contribution in [2.75, 3.05) is 19.0 Å². The summed E-state index contributed by atoms with van der Waals surface area (Å²) in [5, 5.41) is 5.67. The van der Waals surface area contributed by atoms with Crippen LogP contribution >= 0.6 is 11.6 Å². The Morgan fingerprint density at radius 2 is 2.08 bits per heavy atom. The Bertz CT molecular complexity index is 722. The van der Waals surface area contributed by atoms with Gasteiger partial charge in [-0.1, -0.05) is 25.4 Å². The first-order valence-corrected chi connectivity index (χ1v) is 8.81. The predicted molar refractivity (Wildman–Crippen MR) is 99.4 cm³/mol. The molecule has 0 aromatic heterocycles. The molecule has 1 aliphatic heterocycles. The van der Waals surface area contributed by atoms with Gasteiger partial charge in [0.2, 0.25) is 5.91 Å². The van der Waals surface area contributed by atoms with Crippen molar-refractivity contribution in [2.45, 2.75) is 39.2 Å². The summed E-state index contributed by atoms with van der Waals surface area (Å²) in [7, 11) is 1.49. The third-order valence-corrected chi connectivity index (χ3v) is 4.60. The number of carbonyl (C=O) groups is 3. The predicted octanol–water partition coefficient (Wildman–Crippen LogP) is 3.03. The van der Waals surface area contributed by atoms with Crippen molar-refractivity contribution in [3.63, 3.8) is 0 Å². The van der Waals surface area contributed by atoms with Crippen molar-refractivity contribution >= 4 is 35.1 Å². The molecule has 1 saturated heterocycles. The first-order valence-electron chi connectivity index (χ1n) is 8.44. The Kier molecular flexibility index (Phi) is 6.13. The summed E-state index contributed by atoms with van der Waals surface area (Å²) in [5.74, 6) is 0.0299. The minimum Gasteiger partial charge on any atom is -0.495 e. The van der Waals surface area contributed by atoms with Crippen molar-refractivity contribution in [1.82, 2.24) is 10.2 Å². The van der Waals surface area contributed by atoms with E-state index in [0.29, 0.717) is 28.8 Å². The van der Waals surface area contributed by atoms with Gasteiger partial charge in [0.05, 0.1) is 12.1 Å². The van der Waals surface area contributed by atoms with Gasteiger partial charge in [0.15, 0.2) is 0 Å². The lowest BCUT2D eigenvalue weighted by Crippen LogP contribution is -2.44. The number of hydrogen-bond acceptors (Lipinski definition) is 4. The lowest BCUT2D eigenvalue weighted by molar-refractivity contribution is -0.133. The van der Waals surface area contributed by atoms with Crippen molar-refractivity contribution in [1.29, 1.82) is 0 Å². The number of rotatable bonds is 7. The van der Waals surface area contributed by atoms with Gasteiger partial charge in [-0.05, 0) is 43.9 Å². The molecule has 26 heavy (non-hydrogen) atoms. The minimum atomic E-state index is -0.967. The summed E-state index contributed by atoms with van der Waals surface area (Å²) in [6.07, 6.45) is 1.33. The van der Waals surface area contributed by atoms with Gasteiger partial charge in [-0.15, -0.1) is 0 Å². The second-order valence-corrected chi connectivity index (χ2v) is 7.39. The highest BCUT2D eigenvalue weighted by molar-refractivity contribution is 6.32. The number of methoxy groups -OCH3 is 1. The van der Waals surface area contributed by atoms with Crippen LogP contribution in [0.4, 0.5) is 10.5 Å². The smallest absolute Gasteiger partial charge is 0.325 e. The molecular formula is C18H24ClN3O4. The SMILES string of the molecule is COc1ccc(NC(=O)CN2C(=O)N[C@](C)(CCC(C)C)C2=O)cc1Cl. The average molecular weight is 382 g/mol. The Morgan fingerprint density at radius 1 is 1.38 bits per heavy atom. The number of ether oxygens (including phenoxy) is 1. The van der Waals surface area contributed by atoms with E-state index in [0.717, 1.165) is 11.3 Å². The van der Waals surface area contributed by atoms with E-state index in [-0.39, 0.29) is 12.5 Å². The molecule has 4 amide bonds. The van der Waals surface area contributed by atoms with Gasteiger partial charge in [-0.25, -0.2) is 4.79 Å². The molecule has 1 atom stereocenters. The van der Waals surface area contributed by atoms with Gasteiger partial charge in [0, 0.05) is 5.69 Å². The van der Waals surface area contributed by atoms with E-state index in [1.807, 2.05) is 0 Å². The monoisotopic (exact) mass is 381 g/mol. The number of anilines is 1. The van der Waals surface area contributed by atoms with Crippen molar-refractivity contribution in [3.05, 3.63) is 23.2 Å². The van der Waals surface area contributed by atoms with Gasteiger partial charge in [-0.2, -0.15) is 0 Å². The first kappa shape index (κ1) is 20.0. The van der Waals surface area contributed by atoms with E-state index in [9.17, 15) is 14.4 Å². The van der Waals surface area contributed by atoms with Gasteiger partial charge in [-0.3, -0.25) is 14.5 Å². The maximum absolute atomic E-state index is 12.6. The van der Waals surface area contributed by atoms with Gasteiger partial charge >= 0.3 is 6.03 Å².